The van der Waals surface area contributed by atoms with Gasteiger partial charge in [-0.2, -0.15) is 0 Å². The lowest BCUT2D eigenvalue weighted by atomic mass is 10.1. The summed E-state index contributed by atoms with van der Waals surface area (Å²) in [6, 6.07) is 16.7. The summed E-state index contributed by atoms with van der Waals surface area (Å²) in [5, 5.41) is 4.80. The third-order valence-corrected chi connectivity index (χ3v) is 8.16. The van der Waals surface area contributed by atoms with Gasteiger partial charge < -0.3 is 29.3 Å². The van der Waals surface area contributed by atoms with Crippen molar-refractivity contribution in [3.8, 4) is 0 Å². The number of rotatable bonds is 10. The van der Waals surface area contributed by atoms with E-state index in [9.17, 15) is 9.59 Å². The van der Waals surface area contributed by atoms with Crippen molar-refractivity contribution in [1.82, 2.24) is 14.7 Å². The van der Waals surface area contributed by atoms with Gasteiger partial charge in [0.2, 0.25) is 6.41 Å². The first-order valence-electron chi connectivity index (χ1n) is 14.1. The molecule has 1 aromatic heterocycles. The Kier molecular flexibility index (Phi) is 9.75. The molecule has 0 unspecified atom stereocenters. The number of likely N-dealkylation sites (tertiary alicyclic amines) is 1. The summed E-state index contributed by atoms with van der Waals surface area (Å²) >= 11 is 12.3. The fourth-order valence-electron chi connectivity index (χ4n) is 5.21. The number of piperazine rings is 1. The van der Waals surface area contributed by atoms with E-state index in [1.807, 2.05) is 35.2 Å². The lowest BCUT2D eigenvalue weighted by Crippen LogP contribution is -2.49. The van der Waals surface area contributed by atoms with Crippen molar-refractivity contribution in [1.29, 1.82) is 0 Å². The van der Waals surface area contributed by atoms with Gasteiger partial charge in [-0.1, -0.05) is 29.3 Å². The van der Waals surface area contributed by atoms with Crippen LogP contribution in [0, 0.1) is 0 Å². The van der Waals surface area contributed by atoms with Gasteiger partial charge in [0.1, 0.15) is 5.82 Å². The van der Waals surface area contributed by atoms with Gasteiger partial charge in [0.05, 0.1) is 6.26 Å². The van der Waals surface area contributed by atoms with E-state index in [2.05, 4.69) is 21.3 Å². The first-order chi connectivity index (χ1) is 20.0. The zero-order valence-corrected chi connectivity index (χ0v) is 24.5. The first-order valence-corrected chi connectivity index (χ1v) is 14.8. The molecule has 0 spiro atoms. The Balaban J connectivity index is 1.24. The van der Waals surface area contributed by atoms with E-state index in [1.54, 1.807) is 29.2 Å². The van der Waals surface area contributed by atoms with Crippen LogP contribution in [0.3, 0.4) is 0 Å². The van der Waals surface area contributed by atoms with Crippen molar-refractivity contribution in [3.63, 3.8) is 0 Å². The van der Waals surface area contributed by atoms with Crippen LogP contribution in [0.5, 0.6) is 0 Å². The molecule has 2 aliphatic heterocycles. The molecule has 41 heavy (non-hydrogen) atoms. The quantitative estimate of drug-likeness (QED) is 0.292. The van der Waals surface area contributed by atoms with Crippen LogP contribution >= 0.6 is 23.2 Å². The normalized spacial score (nSPS) is 16.0. The molecule has 2 aromatic carbocycles. The van der Waals surface area contributed by atoms with Crippen molar-refractivity contribution < 1.29 is 14.0 Å². The van der Waals surface area contributed by atoms with Crippen molar-refractivity contribution in [2.24, 2.45) is 0 Å². The van der Waals surface area contributed by atoms with Gasteiger partial charge in [0.15, 0.2) is 5.76 Å². The molecular weight excluding hydrogens is 561 g/mol. The van der Waals surface area contributed by atoms with Crippen molar-refractivity contribution in [2.75, 3.05) is 56.0 Å². The van der Waals surface area contributed by atoms with Crippen LogP contribution < -0.4 is 10.2 Å². The van der Waals surface area contributed by atoms with Gasteiger partial charge >= 0.3 is 0 Å². The molecule has 2 saturated heterocycles. The van der Waals surface area contributed by atoms with E-state index in [-0.39, 0.29) is 5.91 Å². The van der Waals surface area contributed by atoms with Crippen LogP contribution in [0.15, 0.2) is 77.3 Å². The van der Waals surface area contributed by atoms with Crippen LogP contribution in [-0.2, 0) is 11.2 Å². The number of hydrogen-bond acceptors (Lipinski definition) is 6. The van der Waals surface area contributed by atoms with Crippen LogP contribution in [0.25, 0.3) is 0 Å². The smallest absolute Gasteiger partial charge is 0.289 e. The summed E-state index contributed by atoms with van der Waals surface area (Å²) in [5.41, 5.74) is 2.68. The molecule has 10 heteroatoms. The number of furan rings is 1. The number of hydrogen-bond donors (Lipinski definition) is 1. The average molecular weight is 597 g/mol. The molecule has 2 aliphatic rings. The van der Waals surface area contributed by atoms with Crippen LogP contribution in [0.1, 0.15) is 35.4 Å². The van der Waals surface area contributed by atoms with Crippen molar-refractivity contribution in [2.45, 2.75) is 25.7 Å². The Morgan fingerprint density at radius 3 is 2.32 bits per heavy atom. The second-order valence-electron chi connectivity index (χ2n) is 10.3. The zero-order valence-electron chi connectivity index (χ0n) is 23.0. The molecule has 0 radical (unpaired) electrons. The number of carbonyl (C=O) groups is 2. The molecule has 1 N–H and O–H groups in total. The molecule has 0 saturated carbocycles. The van der Waals surface area contributed by atoms with E-state index in [0.29, 0.717) is 55.0 Å². The van der Waals surface area contributed by atoms with Crippen molar-refractivity contribution >= 4 is 46.9 Å². The number of amides is 2. The highest BCUT2D eigenvalue weighted by Crippen LogP contribution is 2.24. The highest BCUT2D eigenvalue weighted by molar-refractivity contribution is 6.35. The molecule has 5 rings (SSSR count). The lowest BCUT2D eigenvalue weighted by molar-refractivity contribution is -0.107. The van der Waals surface area contributed by atoms with E-state index >= 15 is 0 Å². The molecule has 3 heterocycles. The van der Waals surface area contributed by atoms with Crippen molar-refractivity contribution in [3.05, 3.63) is 94.3 Å². The summed E-state index contributed by atoms with van der Waals surface area (Å²) in [6.45, 7) is 5.22. The third kappa shape index (κ3) is 7.57. The lowest BCUT2D eigenvalue weighted by Gasteiger charge is -2.38. The average Bonchev–Trinajstić information content (AvgIpc) is 3.54. The Morgan fingerprint density at radius 1 is 0.927 bits per heavy atom. The predicted molar refractivity (Wildman–Crippen MR) is 163 cm³/mol. The summed E-state index contributed by atoms with van der Waals surface area (Å²) in [4.78, 5) is 32.8. The number of carbonyl (C=O) groups excluding carboxylic acids is 2. The molecule has 0 atom stereocenters. The number of nitrogens with zero attached hydrogens (tertiary/aromatic N) is 4. The molecule has 2 fully saturated rings. The number of anilines is 2. The Bertz CT molecular complexity index is 1330. The fraction of sp³-hybridized carbons (Fsp3) is 0.355. The molecule has 216 valence electrons. The Hall–Kier alpha value is -3.62. The zero-order chi connectivity index (χ0) is 28.6. The number of halogens is 2. The van der Waals surface area contributed by atoms with E-state index < -0.39 is 0 Å². The Morgan fingerprint density at radius 2 is 1.66 bits per heavy atom. The van der Waals surface area contributed by atoms with Gasteiger partial charge in [-0.05, 0) is 79.8 Å². The minimum atomic E-state index is -0.0715. The van der Waals surface area contributed by atoms with E-state index in [0.717, 1.165) is 42.3 Å². The largest absolute Gasteiger partial charge is 0.459 e. The van der Waals surface area contributed by atoms with Gasteiger partial charge in [-0.25, -0.2) is 0 Å². The highest BCUT2D eigenvalue weighted by Gasteiger charge is 2.25. The number of piperidine rings is 1. The maximum Gasteiger partial charge on any atom is 0.289 e. The molecule has 2 amide bonds. The summed E-state index contributed by atoms with van der Waals surface area (Å²) < 4.78 is 5.31. The standard InChI is InChI=1S/C31H35Cl2N5O3/c32-25-7-6-24(28(33)21-25)12-15-38(23-39)27-10-8-26(9-11-27)34-30(22-35-13-2-1-3-14-35)36-16-18-37(19-17-36)31(40)29-5-4-20-41-29/h4-11,20-23,34H,1-3,12-19H2/b30-22-. The molecule has 8 nitrogen and oxygen atoms in total. The van der Waals surface area contributed by atoms with Crippen LogP contribution in [0.4, 0.5) is 11.4 Å². The summed E-state index contributed by atoms with van der Waals surface area (Å²) in [6.07, 6.45) is 8.84. The van der Waals surface area contributed by atoms with Gasteiger partial charge in [0.25, 0.3) is 5.91 Å². The number of benzene rings is 2. The second kappa shape index (κ2) is 13.8. The summed E-state index contributed by atoms with van der Waals surface area (Å²) in [7, 11) is 0. The second-order valence-corrected chi connectivity index (χ2v) is 11.2. The number of nitrogens with one attached hydrogen (secondary N) is 1. The highest BCUT2D eigenvalue weighted by atomic mass is 35.5. The first kappa shape index (κ1) is 28.9. The minimum absolute atomic E-state index is 0.0715. The fourth-order valence-corrected chi connectivity index (χ4v) is 5.72. The van der Waals surface area contributed by atoms with Gasteiger partial charge in [-0.3, -0.25) is 9.59 Å². The maximum atomic E-state index is 12.7. The van der Waals surface area contributed by atoms with Crippen LogP contribution in [0.2, 0.25) is 10.0 Å². The predicted octanol–water partition coefficient (Wildman–Crippen LogP) is 5.95. The monoisotopic (exact) mass is 595 g/mol. The van der Waals surface area contributed by atoms with Crippen LogP contribution in [-0.4, -0.2) is 72.8 Å². The van der Waals surface area contributed by atoms with E-state index in [4.69, 9.17) is 27.6 Å². The van der Waals surface area contributed by atoms with E-state index in [1.165, 1.54) is 25.5 Å². The van der Waals surface area contributed by atoms with Gasteiger partial charge in [-0.15, -0.1) is 0 Å². The molecular formula is C31H35Cl2N5O3. The molecule has 3 aromatic rings. The molecule has 0 aliphatic carbocycles. The van der Waals surface area contributed by atoms with Gasteiger partial charge in [0, 0.05) is 73.4 Å². The topological polar surface area (TPSA) is 72.3 Å². The Labute approximate surface area is 251 Å². The summed E-state index contributed by atoms with van der Waals surface area (Å²) in [5.74, 6) is 1.31. The third-order valence-electron chi connectivity index (χ3n) is 7.57. The maximum absolute atomic E-state index is 12.7. The molecule has 0 bridgehead atoms. The SMILES string of the molecule is O=CN(CCc1ccc(Cl)cc1Cl)c1ccc(N/C(=C/N2CCCCC2)N2CCN(C(=O)c3ccco3)CC2)cc1. The minimum Gasteiger partial charge on any atom is -0.459 e.